The predicted molar refractivity (Wildman–Crippen MR) is 85.3 cm³/mol. The largest absolute Gasteiger partial charge is 0.338 e. The zero-order valence-corrected chi connectivity index (χ0v) is 12.7. The van der Waals surface area contributed by atoms with Crippen LogP contribution < -0.4 is 0 Å². The minimum Gasteiger partial charge on any atom is -0.338 e. The highest BCUT2D eigenvalue weighted by Crippen LogP contribution is 2.20. The Balaban J connectivity index is 1.59. The highest BCUT2D eigenvalue weighted by atomic mass is 16.2. The van der Waals surface area contributed by atoms with Crippen molar-refractivity contribution in [1.29, 1.82) is 0 Å². The number of nitrogens with zero attached hydrogens (tertiary/aromatic N) is 6. The van der Waals surface area contributed by atoms with Gasteiger partial charge < -0.3 is 4.90 Å². The van der Waals surface area contributed by atoms with Crippen LogP contribution in [0, 0.1) is 5.92 Å². The normalized spacial score (nSPS) is 17.3. The molecule has 1 fully saturated rings. The van der Waals surface area contributed by atoms with Gasteiger partial charge in [-0.15, -0.1) is 0 Å². The number of azide groups is 1. The van der Waals surface area contributed by atoms with Crippen LogP contribution in [0.4, 0.5) is 0 Å². The molecule has 118 valence electrons. The summed E-state index contributed by atoms with van der Waals surface area (Å²) in [5, 5.41) is 7.93. The second kappa shape index (κ2) is 6.98. The summed E-state index contributed by atoms with van der Waals surface area (Å²) >= 11 is 0. The van der Waals surface area contributed by atoms with Gasteiger partial charge in [0.2, 0.25) is 5.91 Å². The van der Waals surface area contributed by atoms with Crippen molar-refractivity contribution in [3.05, 3.63) is 64.3 Å². The maximum atomic E-state index is 12.0. The van der Waals surface area contributed by atoms with Crippen molar-refractivity contribution in [2.45, 2.75) is 19.5 Å². The van der Waals surface area contributed by atoms with E-state index >= 15 is 0 Å². The van der Waals surface area contributed by atoms with Gasteiger partial charge in [0, 0.05) is 42.7 Å². The molecule has 0 radical (unpaired) electrons. The lowest BCUT2D eigenvalue weighted by Gasteiger charge is -2.14. The Morgan fingerprint density at radius 2 is 2.09 bits per heavy atom. The molecule has 0 bridgehead atoms. The Bertz CT molecular complexity index is 719. The molecule has 7 nitrogen and oxygen atoms in total. The zero-order valence-electron chi connectivity index (χ0n) is 12.7. The van der Waals surface area contributed by atoms with Crippen LogP contribution in [0.5, 0.6) is 0 Å². The van der Waals surface area contributed by atoms with Gasteiger partial charge >= 0.3 is 0 Å². The number of aromatic nitrogens is 2. The van der Waals surface area contributed by atoms with E-state index < -0.39 is 0 Å². The molecule has 0 saturated carbocycles. The summed E-state index contributed by atoms with van der Waals surface area (Å²) in [4.78, 5) is 16.6. The fourth-order valence-electron chi connectivity index (χ4n) is 2.85. The van der Waals surface area contributed by atoms with Gasteiger partial charge in [0.05, 0.1) is 12.7 Å². The van der Waals surface area contributed by atoms with Gasteiger partial charge in [0.25, 0.3) is 0 Å². The molecule has 1 aromatic heterocycles. The van der Waals surface area contributed by atoms with E-state index in [0.717, 1.165) is 5.56 Å². The molecule has 1 amide bonds. The smallest absolute Gasteiger partial charge is 0.223 e. The van der Waals surface area contributed by atoms with Gasteiger partial charge in [-0.2, -0.15) is 5.10 Å². The molecule has 0 spiro atoms. The third kappa shape index (κ3) is 3.90. The standard InChI is InChI=1S/C16H18N6O/c17-20-18-7-14-6-16(23)21(9-14)10-15-8-19-22(12-15)11-13-4-2-1-3-5-13/h1-5,8,12,14H,6-7,9-11H2. The van der Waals surface area contributed by atoms with Gasteiger partial charge in [-0.3, -0.25) is 9.48 Å². The maximum Gasteiger partial charge on any atom is 0.223 e. The Hall–Kier alpha value is -2.79. The highest BCUT2D eigenvalue weighted by Gasteiger charge is 2.29. The van der Waals surface area contributed by atoms with E-state index in [9.17, 15) is 4.79 Å². The van der Waals surface area contributed by atoms with Crippen LogP contribution in [0.25, 0.3) is 10.4 Å². The number of carbonyl (C=O) groups is 1. The molecule has 7 heteroatoms. The fraction of sp³-hybridized carbons (Fsp3) is 0.375. The average molecular weight is 310 g/mol. The van der Waals surface area contributed by atoms with Crippen LogP contribution in [-0.4, -0.2) is 33.7 Å². The van der Waals surface area contributed by atoms with E-state index in [1.165, 1.54) is 5.56 Å². The molecular formula is C16H18N6O. The summed E-state index contributed by atoms with van der Waals surface area (Å²) in [6.07, 6.45) is 4.23. The van der Waals surface area contributed by atoms with Gasteiger partial charge in [-0.25, -0.2) is 0 Å². The highest BCUT2D eigenvalue weighted by molar-refractivity contribution is 5.78. The number of likely N-dealkylation sites (tertiary alicyclic amines) is 1. The van der Waals surface area contributed by atoms with E-state index in [-0.39, 0.29) is 11.8 Å². The number of rotatable bonds is 6. The first-order valence-electron chi connectivity index (χ1n) is 7.58. The first-order valence-corrected chi connectivity index (χ1v) is 7.58. The lowest BCUT2D eigenvalue weighted by Crippen LogP contribution is -2.24. The quantitative estimate of drug-likeness (QED) is 0.466. The minimum atomic E-state index is 0.110. The monoisotopic (exact) mass is 310 g/mol. The second-order valence-electron chi connectivity index (χ2n) is 5.79. The van der Waals surface area contributed by atoms with Crippen molar-refractivity contribution in [3.63, 3.8) is 0 Å². The molecule has 0 N–H and O–H groups in total. The lowest BCUT2D eigenvalue weighted by atomic mass is 10.1. The first kappa shape index (κ1) is 15.1. The minimum absolute atomic E-state index is 0.110. The third-order valence-electron chi connectivity index (χ3n) is 3.95. The number of hydrogen-bond acceptors (Lipinski definition) is 3. The van der Waals surface area contributed by atoms with E-state index in [4.69, 9.17) is 5.53 Å². The first-order chi connectivity index (χ1) is 11.2. The molecule has 1 aliphatic rings. The molecule has 1 aromatic carbocycles. The molecule has 1 atom stereocenters. The topological polar surface area (TPSA) is 86.9 Å². The molecule has 1 unspecified atom stereocenters. The van der Waals surface area contributed by atoms with Crippen LogP contribution in [0.1, 0.15) is 17.5 Å². The summed E-state index contributed by atoms with van der Waals surface area (Å²) in [6.45, 7) is 2.29. The molecule has 23 heavy (non-hydrogen) atoms. The van der Waals surface area contributed by atoms with E-state index in [0.29, 0.717) is 32.6 Å². The van der Waals surface area contributed by atoms with Crippen molar-refractivity contribution < 1.29 is 4.79 Å². The van der Waals surface area contributed by atoms with Gasteiger partial charge in [-0.05, 0) is 17.0 Å². The molecule has 2 heterocycles. The van der Waals surface area contributed by atoms with Crippen LogP contribution in [0.2, 0.25) is 0 Å². The van der Waals surface area contributed by atoms with Crippen molar-refractivity contribution in [1.82, 2.24) is 14.7 Å². The summed E-state index contributed by atoms with van der Waals surface area (Å²) in [7, 11) is 0. The Kier molecular flexibility index (Phi) is 4.59. The van der Waals surface area contributed by atoms with Crippen LogP contribution in [0.15, 0.2) is 47.8 Å². The molecule has 0 aliphatic carbocycles. The van der Waals surface area contributed by atoms with Gasteiger partial charge in [0.1, 0.15) is 0 Å². The van der Waals surface area contributed by atoms with E-state index in [1.54, 1.807) is 11.1 Å². The summed E-state index contributed by atoms with van der Waals surface area (Å²) < 4.78 is 1.88. The fourth-order valence-corrected chi connectivity index (χ4v) is 2.85. The SMILES string of the molecule is [N-]=[N+]=NCC1CC(=O)N(Cc2cnn(Cc3ccccc3)c2)C1. The van der Waals surface area contributed by atoms with Gasteiger partial charge in [-0.1, -0.05) is 35.4 Å². The number of carbonyl (C=O) groups excluding carboxylic acids is 1. The third-order valence-corrected chi connectivity index (χ3v) is 3.95. The van der Waals surface area contributed by atoms with Crippen LogP contribution in [-0.2, 0) is 17.9 Å². The van der Waals surface area contributed by atoms with Crippen molar-refractivity contribution in [2.24, 2.45) is 11.0 Å². The average Bonchev–Trinajstić information content (AvgIpc) is 3.14. The number of benzene rings is 1. The second-order valence-corrected chi connectivity index (χ2v) is 5.79. The number of hydrogen-bond donors (Lipinski definition) is 0. The molecule has 2 aromatic rings. The summed E-state index contributed by atoms with van der Waals surface area (Å²) in [5.41, 5.74) is 10.6. The van der Waals surface area contributed by atoms with Crippen LogP contribution >= 0.6 is 0 Å². The van der Waals surface area contributed by atoms with E-state index in [1.807, 2.05) is 29.1 Å². The molecule has 1 saturated heterocycles. The molecular weight excluding hydrogens is 292 g/mol. The number of amides is 1. The lowest BCUT2D eigenvalue weighted by molar-refractivity contribution is -0.128. The summed E-state index contributed by atoms with van der Waals surface area (Å²) in [6, 6.07) is 10.1. The zero-order chi connectivity index (χ0) is 16.1. The van der Waals surface area contributed by atoms with Crippen LogP contribution in [0.3, 0.4) is 0 Å². The molecule has 1 aliphatic heterocycles. The van der Waals surface area contributed by atoms with Crippen molar-refractivity contribution in [3.8, 4) is 0 Å². The molecule has 3 rings (SSSR count). The Morgan fingerprint density at radius 3 is 2.87 bits per heavy atom. The Morgan fingerprint density at radius 1 is 1.26 bits per heavy atom. The Labute approximate surface area is 134 Å². The predicted octanol–water partition coefficient (Wildman–Crippen LogP) is 2.59. The van der Waals surface area contributed by atoms with Gasteiger partial charge in [0.15, 0.2) is 0 Å². The maximum absolute atomic E-state index is 12.0. The van der Waals surface area contributed by atoms with E-state index in [2.05, 4.69) is 27.3 Å². The summed E-state index contributed by atoms with van der Waals surface area (Å²) in [5.74, 6) is 0.233. The van der Waals surface area contributed by atoms with Crippen molar-refractivity contribution in [2.75, 3.05) is 13.1 Å². The van der Waals surface area contributed by atoms with Crippen molar-refractivity contribution >= 4 is 5.91 Å².